The number of carbonyl (C=O) groups excluding carboxylic acids is 1. The Balaban J connectivity index is 1.87. The van der Waals surface area contributed by atoms with Gasteiger partial charge in [0.15, 0.2) is 0 Å². The van der Waals surface area contributed by atoms with Gasteiger partial charge in [-0.1, -0.05) is 12.1 Å². The maximum absolute atomic E-state index is 13.0. The lowest BCUT2D eigenvalue weighted by molar-refractivity contribution is 0.0958. The highest BCUT2D eigenvalue weighted by atomic mass is 79.9. The van der Waals surface area contributed by atoms with E-state index in [1.165, 1.54) is 23.5 Å². The van der Waals surface area contributed by atoms with Gasteiger partial charge in [-0.15, -0.1) is 11.3 Å². The molecule has 0 spiro atoms. The van der Waals surface area contributed by atoms with Gasteiger partial charge in [0, 0.05) is 11.0 Å². The van der Waals surface area contributed by atoms with E-state index in [1.54, 1.807) is 12.1 Å². The SMILES string of the molecule is O=C(NCCc1cccc(F)c1)c1cc(Br)c(Br)s1. The van der Waals surface area contributed by atoms with E-state index in [4.69, 9.17) is 0 Å². The Morgan fingerprint density at radius 2 is 2.11 bits per heavy atom. The van der Waals surface area contributed by atoms with Crippen LogP contribution in [0, 0.1) is 5.82 Å². The third-order valence-electron chi connectivity index (χ3n) is 2.46. The van der Waals surface area contributed by atoms with Gasteiger partial charge in [0.25, 0.3) is 5.91 Å². The largest absolute Gasteiger partial charge is 0.351 e. The second-order valence-corrected chi connectivity index (χ2v) is 7.09. The molecule has 0 radical (unpaired) electrons. The molecule has 1 aromatic heterocycles. The zero-order valence-electron chi connectivity index (χ0n) is 9.75. The monoisotopic (exact) mass is 405 g/mol. The van der Waals surface area contributed by atoms with Gasteiger partial charge in [0.1, 0.15) is 5.82 Å². The van der Waals surface area contributed by atoms with Crippen molar-refractivity contribution in [2.45, 2.75) is 6.42 Å². The second-order valence-electron chi connectivity index (χ2n) is 3.87. The summed E-state index contributed by atoms with van der Waals surface area (Å²) in [4.78, 5) is 12.5. The zero-order chi connectivity index (χ0) is 13.8. The van der Waals surface area contributed by atoms with Crippen LogP contribution in [0.1, 0.15) is 15.2 Å². The third kappa shape index (κ3) is 4.12. The lowest BCUT2D eigenvalue weighted by Gasteiger charge is -2.03. The molecule has 1 heterocycles. The summed E-state index contributed by atoms with van der Waals surface area (Å²) in [6, 6.07) is 8.16. The van der Waals surface area contributed by atoms with Crippen molar-refractivity contribution in [3.8, 4) is 0 Å². The first-order chi connectivity index (χ1) is 9.06. The number of rotatable bonds is 4. The number of thiophene rings is 1. The summed E-state index contributed by atoms with van der Waals surface area (Å²) in [5.74, 6) is -0.372. The molecule has 0 unspecified atom stereocenters. The molecule has 1 amide bonds. The van der Waals surface area contributed by atoms with Gasteiger partial charge in [-0.3, -0.25) is 4.79 Å². The molecule has 2 rings (SSSR count). The van der Waals surface area contributed by atoms with Gasteiger partial charge in [-0.2, -0.15) is 0 Å². The van der Waals surface area contributed by atoms with E-state index < -0.39 is 0 Å². The van der Waals surface area contributed by atoms with Gasteiger partial charge in [0.2, 0.25) is 0 Å². The van der Waals surface area contributed by atoms with Crippen molar-refractivity contribution < 1.29 is 9.18 Å². The van der Waals surface area contributed by atoms with Crippen LogP contribution in [-0.2, 0) is 6.42 Å². The van der Waals surface area contributed by atoms with Crippen LogP contribution in [0.3, 0.4) is 0 Å². The number of nitrogens with one attached hydrogen (secondary N) is 1. The van der Waals surface area contributed by atoms with E-state index in [2.05, 4.69) is 37.2 Å². The summed E-state index contributed by atoms with van der Waals surface area (Å²) in [5, 5.41) is 2.81. The minimum atomic E-state index is -0.255. The van der Waals surface area contributed by atoms with Crippen LogP contribution in [0.2, 0.25) is 0 Å². The average Bonchev–Trinajstić information content (AvgIpc) is 2.70. The van der Waals surface area contributed by atoms with E-state index >= 15 is 0 Å². The normalized spacial score (nSPS) is 10.5. The first-order valence-corrected chi connectivity index (χ1v) is 7.94. The van der Waals surface area contributed by atoms with Crippen LogP contribution in [0.15, 0.2) is 38.6 Å². The molecule has 0 bridgehead atoms. The summed E-state index contributed by atoms with van der Waals surface area (Å²) in [6.07, 6.45) is 0.608. The fraction of sp³-hybridized carbons (Fsp3) is 0.154. The minimum Gasteiger partial charge on any atom is -0.351 e. The summed E-state index contributed by atoms with van der Waals surface area (Å²) < 4.78 is 14.7. The van der Waals surface area contributed by atoms with Gasteiger partial charge in [0.05, 0.1) is 8.66 Å². The molecule has 0 saturated heterocycles. The molecular formula is C13H10Br2FNOS. The van der Waals surface area contributed by atoms with E-state index in [-0.39, 0.29) is 11.7 Å². The maximum atomic E-state index is 13.0. The molecule has 1 N–H and O–H groups in total. The van der Waals surface area contributed by atoms with Crippen LogP contribution < -0.4 is 5.32 Å². The fourth-order valence-electron chi connectivity index (χ4n) is 1.56. The van der Waals surface area contributed by atoms with Crippen molar-refractivity contribution >= 4 is 49.1 Å². The topological polar surface area (TPSA) is 29.1 Å². The molecule has 0 aliphatic carbocycles. The quantitative estimate of drug-likeness (QED) is 0.801. The number of hydrogen-bond acceptors (Lipinski definition) is 2. The summed E-state index contributed by atoms with van der Waals surface area (Å²) in [6.45, 7) is 0.482. The van der Waals surface area contributed by atoms with Crippen LogP contribution in [-0.4, -0.2) is 12.5 Å². The van der Waals surface area contributed by atoms with Gasteiger partial charge in [-0.05, 0) is 62.0 Å². The van der Waals surface area contributed by atoms with Crippen molar-refractivity contribution in [3.63, 3.8) is 0 Å². The first-order valence-electron chi connectivity index (χ1n) is 5.54. The number of halogens is 3. The van der Waals surface area contributed by atoms with Crippen molar-refractivity contribution in [2.75, 3.05) is 6.54 Å². The zero-order valence-corrected chi connectivity index (χ0v) is 13.7. The molecule has 0 fully saturated rings. The first kappa shape index (κ1) is 14.7. The van der Waals surface area contributed by atoms with Crippen LogP contribution in [0.5, 0.6) is 0 Å². The van der Waals surface area contributed by atoms with Crippen LogP contribution in [0.25, 0.3) is 0 Å². The van der Waals surface area contributed by atoms with Crippen molar-refractivity contribution in [1.82, 2.24) is 5.32 Å². The molecule has 2 aromatic rings. The molecule has 0 atom stereocenters. The summed E-state index contributed by atoms with van der Waals surface area (Å²) >= 11 is 8.06. The Morgan fingerprint density at radius 1 is 1.32 bits per heavy atom. The number of amides is 1. The van der Waals surface area contributed by atoms with Gasteiger partial charge in [-0.25, -0.2) is 4.39 Å². The lowest BCUT2D eigenvalue weighted by Crippen LogP contribution is -2.24. The fourth-order valence-corrected chi connectivity index (χ4v) is 3.51. The maximum Gasteiger partial charge on any atom is 0.261 e. The molecule has 6 heteroatoms. The lowest BCUT2D eigenvalue weighted by atomic mass is 10.1. The molecular weight excluding hydrogens is 397 g/mol. The molecule has 100 valence electrons. The van der Waals surface area contributed by atoms with Gasteiger partial charge < -0.3 is 5.32 Å². The summed E-state index contributed by atoms with van der Waals surface area (Å²) in [7, 11) is 0. The Bertz CT molecular complexity index is 581. The van der Waals surface area contributed by atoms with E-state index in [0.717, 1.165) is 13.8 Å². The van der Waals surface area contributed by atoms with Crippen molar-refractivity contribution in [2.24, 2.45) is 0 Å². The molecule has 2 nitrogen and oxygen atoms in total. The predicted molar refractivity (Wildman–Crippen MR) is 82.2 cm³/mol. The Morgan fingerprint density at radius 3 is 2.74 bits per heavy atom. The van der Waals surface area contributed by atoms with Crippen molar-refractivity contribution in [3.05, 3.63) is 54.8 Å². The van der Waals surface area contributed by atoms with Crippen molar-refractivity contribution in [1.29, 1.82) is 0 Å². The van der Waals surface area contributed by atoms with E-state index in [9.17, 15) is 9.18 Å². The predicted octanol–water partition coefficient (Wildman–Crippen LogP) is 4.38. The van der Waals surface area contributed by atoms with Gasteiger partial charge >= 0.3 is 0 Å². The second kappa shape index (κ2) is 6.63. The molecule has 19 heavy (non-hydrogen) atoms. The Labute approximate surface area is 131 Å². The highest BCUT2D eigenvalue weighted by Gasteiger charge is 2.11. The Kier molecular flexibility index (Phi) is 5.13. The molecule has 0 aliphatic heterocycles. The standard InChI is InChI=1S/C13H10Br2FNOS/c14-10-7-11(19-12(10)15)13(18)17-5-4-8-2-1-3-9(16)6-8/h1-3,6-7H,4-5H2,(H,17,18). The van der Waals surface area contributed by atoms with Crippen LogP contribution >= 0.6 is 43.2 Å². The minimum absolute atomic E-state index is 0.118. The number of benzene rings is 1. The number of carbonyl (C=O) groups is 1. The third-order valence-corrected chi connectivity index (χ3v) is 5.71. The van der Waals surface area contributed by atoms with Crippen LogP contribution in [0.4, 0.5) is 4.39 Å². The van der Waals surface area contributed by atoms with E-state index in [0.29, 0.717) is 17.8 Å². The highest BCUT2D eigenvalue weighted by molar-refractivity contribution is 9.13. The molecule has 0 aliphatic rings. The molecule has 1 aromatic carbocycles. The molecule has 0 saturated carbocycles. The smallest absolute Gasteiger partial charge is 0.261 e. The number of hydrogen-bond donors (Lipinski definition) is 1. The Hall–Kier alpha value is -0.720. The highest BCUT2D eigenvalue weighted by Crippen LogP contribution is 2.32. The van der Waals surface area contributed by atoms with E-state index in [1.807, 2.05) is 6.07 Å². The summed E-state index contributed by atoms with van der Waals surface area (Å²) in [5.41, 5.74) is 0.869. The average molecular weight is 407 g/mol.